The molecule has 0 radical (unpaired) electrons. The number of nitrogens with zero attached hydrogens (tertiary/aromatic N) is 1. The van der Waals surface area contributed by atoms with Crippen molar-refractivity contribution in [3.8, 4) is 11.8 Å². The number of hydrogen-bond acceptors (Lipinski definition) is 4. The molecule has 20 heavy (non-hydrogen) atoms. The second-order valence-corrected chi connectivity index (χ2v) is 5.24. The maximum absolute atomic E-state index is 12.0. The third kappa shape index (κ3) is 3.92. The molecule has 4 nitrogen and oxygen atoms in total. The van der Waals surface area contributed by atoms with Crippen LogP contribution in [-0.2, 0) is 6.54 Å². The Morgan fingerprint density at radius 2 is 2.25 bits per heavy atom. The second-order valence-electron chi connectivity index (χ2n) is 4.16. The molecule has 0 fully saturated rings. The molecule has 0 aliphatic carbocycles. The molecule has 0 spiro atoms. The molecule has 2 heterocycles. The van der Waals surface area contributed by atoms with Gasteiger partial charge in [0.2, 0.25) is 0 Å². The van der Waals surface area contributed by atoms with Gasteiger partial charge in [-0.25, -0.2) is 0 Å². The molecule has 1 amide bonds. The van der Waals surface area contributed by atoms with E-state index in [0.717, 1.165) is 16.1 Å². The predicted octanol–water partition coefficient (Wildman–Crippen LogP) is 1.69. The Morgan fingerprint density at radius 3 is 2.95 bits per heavy atom. The van der Waals surface area contributed by atoms with E-state index in [0.29, 0.717) is 18.0 Å². The van der Waals surface area contributed by atoms with E-state index in [1.807, 2.05) is 25.1 Å². The van der Waals surface area contributed by atoms with Gasteiger partial charge in [-0.3, -0.25) is 9.78 Å². The first kappa shape index (κ1) is 14.3. The highest BCUT2D eigenvalue weighted by Gasteiger charge is 2.08. The maximum Gasteiger partial charge on any atom is 0.261 e. The molecule has 0 aromatic carbocycles. The van der Waals surface area contributed by atoms with Gasteiger partial charge in [-0.15, -0.1) is 11.3 Å². The Bertz CT molecular complexity index is 650. The van der Waals surface area contributed by atoms with Crippen LogP contribution in [0.2, 0.25) is 0 Å². The molecule has 0 saturated heterocycles. The van der Waals surface area contributed by atoms with Gasteiger partial charge in [0, 0.05) is 18.4 Å². The fourth-order valence-electron chi connectivity index (χ4n) is 1.54. The zero-order valence-corrected chi connectivity index (χ0v) is 12.0. The number of nitrogens with one attached hydrogen (secondary N) is 1. The molecular weight excluding hydrogens is 270 g/mol. The van der Waals surface area contributed by atoms with Gasteiger partial charge in [-0.2, -0.15) is 0 Å². The zero-order chi connectivity index (χ0) is 14.4. The summed E-state index contributed by atoms with van der Waals surface area (Å²) >= 11 is 1.36. The van der Waals surface area contributed by atoms with E-state index in [4.69, 9.17) is 5.73 Å². The quantitative estimate of drug-likeness (QED) is 0.843. The molecule has 5 heteroatoms. The summed E-state index contributed by atoms with van der Waals surface area (Å²) in [5.74, 6) is 5.58. The number of hydrogen-bond donors (Lipinski definition) is 2. The average Bonchev–Trinajstić information content (AvgIpc) is 2.93. The molecule has 2 rings (SSSR count). The summed E-state index contributed by atoms with van der Waals surface area (Å²) in [7, 11) is 0. The summed E-state index contributed by atoms with van der Waals surface area (Å²) in [6, 6.07) is 7.48. The van der Waals surface area contributed by atoms with Crippen LogP contribution in [0.4, 0.5) is 0 Å². The fraction of sp³-hybridized carbons (Fsp3) is 0.200. The number of nitrogens with two attached hydrogens (primary N) is 1. The van der Waals surface area contributed by atoms with E-state index < -0.39 is 0 Å². The highest BCUT2D eigenvalue weighted by atomic mass is 32.1. The lowest BCUT2D eigenvalue weighted by Crippen LogP contribution is -2.21. The van der Waals surface area contributed by atoms with Crippen molar-refractivity contribution < 1.29 is 4.79 Å². The topological polar surface area (TPSA) is 68.0 Å². The minimum absolute atomic E-state index is 0.101. The molecule has 0 aliphatic heterocycles. The third-order valence-electron chi connectivity index (χ3n) is 2.57. The Kier molecular flexibility index (Phi) is 4.88. The Balaban J connectivity index is 1.94. The fourth-order valence-corrected chi connectivity index (χ4v) is 2.33. The lowest BCUT2D eigenvalue weighted by atomic mass is 10.2. The van der Waals surface area contributed by atoms with E-state index in [2.05, 4.69) is 22.1 Å². The molecule has 0 aliphatic rings. The van der Waals surface area contributed by atoms with Crippen molar-refractivity contribution in [2.75, 3.05) is 6.54 Å². The first-order valence-corrected chi connectivity index (χ1v) is 6.99. The van der Waals surface area contributed by atoms with E-state index in [1.165, 1.54) is 11.3 Å². The third-order valence-corrected chi connectivity index (χ3v) is 3.57. The summed E-state index contributed by atoms with van der Waals surface area (Å²) in [6.07, 6.45) is 1.77. The normalized spacial score (nSPS) is 9.70. The molecule has 0 unspecified atom stereocenters. The standard InChI is InChI=1S/C15H15N3OS/c1-11-4-5-12(9-17-11)10-18-15(19)14-7-6-13(20-14)3-2-8-16/h4-7,9H,8,10,16H2,1H3,(H,18,19). The van der Waals surface area contributed by atoms with Gasteiger partial charge >= 0.3 is 0 Å². The van der Waals surface area contributed by atoms with Gasteiger partial charge in [-0.1, -0.05) is 17.9 Å². The Morgan fingerprint density at radius 1 is 1.40 bits per heavy atom. The SMILES string of the molecule is Cc1ccc(CNC(=O)c2ccc(C#CCN)s2)cn1. The van der Waals surface area contributed by atoms with Crippen molar-refractivity contribution in [1.29, 1.82) is 0 Å². The van der Waals surface area contributed by atoms with Crippen LogP contribution in [0.1, 0.15) is 25.8 Å². The molecular formula is C15H15N3OS. The lowest BCUT2D eigenvalue weighted by Gasteiger charge is -2.03. The van der Waals surface area contributed by atoms with Crippen LogP contribution in [0.5, 0.6) is 0 Å². The summed E-state index contributed by atoms with van der Waals surface area (Å²) < 4.78 is 0. The van der Waals surface area contributed by atoms with Crippen molar-refractivity contribution >= 4 is 17.2 Å². The predicted molar refractivity (Wildman–Crippen MR) is 80.4 cm³/mol. The van der Waals surface area contributed by atoms with Crippen molar-refractivity contribution in [3.63, 3.8) is 0 Å². The van der Waals surface area contributed by atoms with Crippen LogP contribution in [0.15, 0.2) is 30.5 Å². The largest absolute Gasteiger partial charge is 0.347 e. The van der Waals surface area contributed by atoms with Gasteiger partial charge < -0.3 is 11.1 Å². The summed E-state index contributed by atoms with van der Waals surface area (Å²) in [5, 5.41) is 2.86. The number of aromatic nitrogens is 1. The molecule has 2 aromatic rings. The first-order valence-electron chi connectivity index (χ1n) is 6.17. The summed E-state index contributed by atoms with van der Waals surface area (Å²) in [5.41, 5.74) is 7.25. The van der Waals surface area contributed by atoms with Gasteiger partial charge in [0.1, 0.15) is 0 Å². The summed E-state index contributed by atoms with van der Waals surface area (Å²) in [6.45, 7) is 2.71. The lowest BCUT2D eigenvalue weighted by molar-refractivity contribution is 0.0955. The van der Waals surface area contributed by atoms with Gasteiger partial charge in [0.15, 0.2) is 0 Å². The molecule has 102 valence electrons. The second kappa shape index (κ2) is 6.85. The van der Waals surface area contributed by atoms with E-state index in [9.17, 15) is 4.79 Å². The summed E-state index contributed by atoms with van der Waals surface area (Å²) in [4.78, 5) is 17.7. The molecule has 0 saturated carbocycles. The van der Waals surface area contributed by atoms with Crippen LogP contribution in [-0.4, -0.2) is 17.4 Å². The molecule has 3 N–H and O–H groups in total. The number of pyridine rings is 1. The van der Waals surface area contributed by atoms with Gasteiger partial charge in [-0.05, 0) is 30.7 Å². The minimum Gasteiger partial charge on any atom is -0.347 e. The van der Waals surface area contributed by atoms with E-state index >= 15 is 0 Å². The Labute approximate surface area is 122 Å². The molecule has 2 aromatic heterocycles. The van der Waals surface area contributed by atoms with Crippen molar-refractivity contribution in [3.05, 3.63) is 51.5 Å². The van der Waals surface area contributed by atoms with Crippen molar-refractivity contribution in [1.82, 2.24) is 10.3 Å². The Hall–Kier alpha value is -2.16. The van der Waals surface area contributed by atoms with Crippen LogP contribution < -0.4 is 11.1 Å². The maximum atomic E-state index is 12.0. The number of rotatable bonds is 3. The number of thiophene rings is 1. The number of carbonyl (C=O) groups excluding carboxylic acids is 1. The molecule has 0 atom stereocenters. The smallest absolute Gasteiger partial charge is 0.261 e. The van der Waals surface area contributed by atoms with Crippen molar-refractivity contribution in [2.45, 2.75) is 13.5 Å². The highest BCUT2D eigenvalue weighted by Crippen LogP contribution is 2.15. The van der Waals surface area contributed by atoms with E-state index in [-0.39, 0.29) is 5.91 Å². The van der Waals surface area contributed by atoms with Gasteiger partial charge in [0.25, 0.3) is 5.91 Å². The van der Waals surface area contributed by atoms with Crippen LogP contribution in [0, 0.1) is 18.8 Å². The monoisotopic (exact) mass is 285 g/mol. The van der Waals surface area contributed by atoms with Gasteiger partial charge in [0.05, 0.1) is 16.3 Å². The van der Waals surface area contributed by atoms with Crippen molar-refractivity contribution in [2.24, 2.45) is 5.73 Å². The zero-order valence-electron chi connectivity index (χ0n) is 11.1. The van der Waals surface area contributed by atoms with Crippen LogP contribution >= 0.6 is 11.3 Å². The first-order chi connectivity index (χ1) is 9.69. The number of carbonyl (C=O) groups is 1. The number of aryl methyl sites for hydroxylation is 1. The highest BCUT2D eigenvalue weighted by molar-refractivity contribution is 7.14. The van der Waals surface area contributed by atoms with Crippen LogP contribution in [0.25, 0.3) is 0 Å². The molecule has 0 bridgehead atoms. The van der Waals surface area contributed by atoms with Crippen LogP contribution in [0.3, 0.4) is 0 Å². The van der Waals surface area contributed by atoms with E-state index in [1.54, 1.807) is 12.3 Å². The number of amides is 1. The average molecular weight is 285 g/mol. The minimum atomic E-state index is -0.101.